The lowest BCUT2D eigenvalue weighted by Gasteiger charge is -2.26. The molecule has 2 unspecified atom stereocenters. The zero-order chi connectivity index (χ0) is 13.1. The molecule has 17 heavy (non-hydrogen) atoms. The molecule has 0 aliphatic heterocycles. The van der Waals surface area contributed by atoms with E-state index in [0.29, 0.717) is 0 Å². The van der Waals surface area contributed by atoms with Crippen LogP contribution in [0.4, 0.5) is 0 Å². The van der Waals surface area contributed by atoms with Gasteiger partial charge in [-0.25, -0.2) is 4.79 Å². The summed E-state index contributed by atoms with van der Waals surface area (Å²) in [6, 6.07) is 7.78. The molecule has 3 nitrogen and oxygen atoms in total. The lowest BCUT2D eigenvalue weighted by molar-refractivity contribution is -0.158. The average molecular weight is 236 g/mol. The van der Waals surface area contributed by atoms with E-state index in [9.17, 15) is 9.90 Å². The number of hydrogen-bond acceptors (Lipinski definition) is 2. The Balaban J connectivity index is 2.90. The van der Waals surface area contributed by atoms with Gasteiger partial charge in [-0.1, -0.05) is 44.5 Å². The molecule has 0 aliphatic carbocycles. The minimum Gasteiger partial charge on any atom is -0.479 e. The van der Waals surface area contributed by atoms with Crippen LogP contribution in [0.25, 0.3) is 0 Å². The van der Waals surface area contributed by atoms with Gasteiger partial charge in [0.15, 0.2) is 5.60 Å². The van der Waals surface area contributed by atoms with E-state index in [-0.39, 0.29) is 0 Å². The summed E-state index contributed by atoms with van der Waals surface area (Å²) in [7, 11) is 0. The van der Waals surface area contributed by atoms with Crippen molar-refractivity contribution in [2.45, 2.75) is 45.1 Å². The molecule has 0 saturated carbocycles. The Morgan fingerprint density at radius 3 is 2.29 bits per heavy atom. The molecule has 3 heteroatoms. The van der Waals surface area contributed by atoms with Crippen molar-refractivity contribution in [3.05, 3.63) is 35.4 Å². The largest absolute Gasteiger partial charge is 0.479 e. The SMILES string of the molecule is CCCc1ccc(C(C)C(C)(O)C(=O)O)cc1. The Morgan fingerprint density at radius 2 is 1.88 bits per heavy atom. The third kappa shape index (κ3) is 3.07. The van der Waals surface area contributed by atoms with Crippen LogP contribution in [0, 0.1) is 0 Å². The Hall–Kier alpha value is -1.35. The van der Waals surface area contributed by atoms with Crippen molar-refractivity contribution in [3.63, 3.8) is 0 Å². The lowest BCUT2D eigenvalue weighted by atomic mass is 9.84. The van der Waals surface area contributed by atoms with E-state index in [4.69, 9.17) is 5.11 Å². The van der Waals surface area contributed by atoms with Gasteiger partial charge in [0.25, 0.3) is 0 Å². The van der Waals surface area contributed by atoms with Gasteiger partial charge in [-0.05, 0) is 24.5 Å². The molecule has 0 radical (unpaired) electrons. The molecule has 0 aliphatic rings. The van der Waals surface area contributed by atoms with Gasteiger partial charge < -0.3 is 10.2 Å². The van der Waals surface area contributed by atoms with E-state index in [2.05, 4.69) is 6.92 Å². The van der Waals surface area contributed by atoms with E-state index in [1.54, 1.807) is 6.92 Å². The normalized spacial score (nSPS) is 16.2. The summed E-state index contributed by atoms with van der Waals surface area (Å²) in [5.74, 6) is -1.63. The van der Waals surface area contributed by atoms with Crippen LogP contribution in [0.15, 0.2) is 24.3 Å². The van der Waals surface area contributed by atoms with E-state index in [0.717, 1.165) is 18.4 Å². The van der Waals surface area contributed by atoms with Gasteiger partial charge in [-0.3, -0.25) is 0 Å². The molecule has 1 aromatic rings. The molecule has 0 heterocycles. The lowest BCUT2D eigenvalue weighted by Crippen LogP contribution is -2.40. The number of carboxylic acid groups (broad SMARTS) is 1. The summed E-state index contributed by atoms with van der Waals surface area (Å²) in [4.78, 5) is 11.0. The number of aryl methyl sites for hydroxylation is 1. The first-order chi connectivity index (χ1) is 7.89. The molecular weight excluding hydrogens is 216 g/mol. The fourth-order valence-corrected chi connectivity index (χ4v) is 1.77. The smallest absolute Gasteiger partial charge is 0.336 e. The van der Waals surface area contributed by atoms with Crippen LogP contribution in [0.1, 0.15) is 44.2 Å². The maximum atomic E-state index is 11.0. The first-order valence-corrected chi connectivity index (χ1v) is 5.94. The molecule has 1 rings (SSSR count). The summed E-state index contributed by atoms with van der Waals surface area (Å²) >= 11 is 0. The van der Waals surface area contributed by atoms with Gasteiger partial charge >= 0.3 is 5.97 Å². The quantitative estimate of drug-likeness (QED) is 0.826. The Morgan fingerprint density at radius 1 is 1.35 bits per heavy atom. The third-order valence-corrected chi connectivity index (χ3v) is 3.29. The van der Waals surface area contributed by atoms with Crippen LogP contribution in [-0.4, -0.2) is 21.8 Å². The van der Waals surface area contributed by atoms with Gasteiger partial charge in [0.05, 0.1) is 0 Å². The highest BCUT2D eigenvalue weighted by atomic mass is 16.4. The second kappa shape index (κ2) is 5.32. The summed E-state index contributed by atoms with van der Waals surface area (Å²) in [6.07, 6.45) is 2.10. The Kier molecular flexibility index (Phi) is 4.29. The monoisotopic (exact) mass is 236 g/mol. The highest BCUT2D eigenvalue weighted by Gasteiger charge is 2.37. The van der Waals surface area contributed by atoms with Crippen molar-refractivity contribution < 1.29 is 15.0 Å². The molecular formula is C14H20O3. The number of rotatable bonds is 5. The molecule has 0 amide bonds. The van der Waals surface area contributed by atoms with E-state index >= 15 is 0 Å². The number of aliphatic carboxylic acids is 1. The van der Waals surface area contributed by atoms with Crippen molar-refractivity contribution in [1.29, 1.82) is 0 Å². The summed E-state index contributed by atoms with van der Waals surface area (Å²) in [5, 5.41) is 18.8. The molecule has 0 saturated heterocycles. The summed E-state index contributed by atoms with van der Waals surface area (Å²) in [5.41, 5.74) is 0.349. The maximum absolute atomic E-state index is 11.0. The van der Waals surface area contributed by atoms with Crippen LogP contribution in [-0.2, 0) is 11.2 Å². The minimum absolute atomic E-state index is 0.435. The zero-order valence-electron chi connectivity index (χ0n) is 10.6. The number of aliphatic hydroxyl groups is 1. The number of carboxylic acids is 1. The summed E-state index contributed by atoms with van der Waals surface area (Å²) < 4.78 is 0. The topological polar surface area (TPSA) is 57.5 Å². The van der Waals surface area contributed by atoms with Crippen LogP contribution in [0.2, 0.25) is 0 Å². The highest BCUT2D eigenvalue weighted by molar-refractivity contribution is 5.78. The molecule has 0 bridgehead atoms. The van der Waals surface area contributed by atoms with Crippen molar-refractivity contribution in [2.24, 2.45) is 0 Å². The van der Waals surface area contributed by atoms with E-state index in [1.807, 2.05) is 24.3 Å². The molecule has 94 valence electrons. The van der Waals surface area contributed by atoms with Crippen LogP contribution < -0.4 is 0 Å². The minimum atomic E-state index is -1.73. The van der Waals surface area contributed by atoms with Gasteiger partial charge in [0.1, 0.15) is 0 Å². The predicted molar refractivity (Wildman–Crippen MR) is 67.1 cm³/mol. The van der Waals surface area contributed by atoms with E-state index in [1.165, 1.54) is 12.5 Å². The van der Waals surface area contributed by atoms with Crippen LogP contribution in [0.5, 0.6) is 0 Å². The maximum Gasteiger partial charge on any atom is 0.336 e. The first-order valence-electron chi connectivity index (χ1n) is 5.94. The molecule has 2 atom stereocenters. The van der Waals surface area contributed by atoms with Crippen molar-refractivity contribution in [2.75, 3.05) is 0 Å². The van der Waals surface area contributed by atoms with Crippen molar-refractivity contribution in [1.82, 2.24) is 0 Å². The van der Waals surface area contributed by atoms with Crippen molar-refractivity contribution >= 4 is 5.97 Å². The molecule has 2 N–H and O–H groups in total. The van der Waals surface area contributed by atoms with Crippen LogP contribution >= 0.6 is 0 Å². The second-order valence-electron chi connectivity index (χ2n) is 4.67. The fourth-order valence-electron chi connectivity index (χ4n) is 1.77. The first kappa shape index (κ1) is 13.7. The number of benzene rings is 1. The molecule has 0 spiro atoms. The standard InChI is InChI=1S/C14H20O3/c1-4-5-11-6-8-12(9-7-11)10(2)14(3,17)13(15)16/h6-10,17H,4-5H2,1-3H3,(H,15,16). The fraction of sp³-hybridized carbons (Fsp3) is 0.500. The molecule has 0 fully saturated rings. The van der Waals surface area contributed by atoms with Crippen LogP contribution in [0.3, 0.4) is 0 Å². The van der Waals surface area contributed by atoms with Gasteiger partial charge in [0.2, 0.25) is 0 Å². The zero-order valence-corrected chi connectivity index (χ0v) is 10.6. The van der Waals surface area contributed by atoms with Gasteiger partial charge in [-0.2, -0.15) is 0 Å². The van der Waals surface area contributed by atoms with Gasteiger partial charge in [-0.15, -0.1) is 0 Å². The van der Waals surface area contributed by atoms with Gasteiger partial charge in [0, 0.05) is 5.92 Å². The predicted octanol–water partition coefficient (Wildman–Crippen LogP) is 2.58. The second-order valence-corrected chi connectivity index (χ2v) is 4.67. The highest BCUT2D eigenvalue weighted by Crippen LogP contribution is 2.28. The molecule has 1 aromatic carbocycles. The number of hydrogen-bond donors (Lipinski definition) is 2. The van der Waals surface area contributed by atoms with E-state index < -0.39 is 17.5 Å². The number of carbonyl (C=O) groups is 1. The Bertz CT molecular complexity index is 379. The average Bonchev–Trinajstić information content (AvgIpc) is 2.29. The Labute approximate surface area is 102 Å². The third-order valence-electron chi connectivity index (χ3n) is 3.29. The molecule has 0 aromatic heterocycles. The van der Waals surface area contributed by atoms with Crippen molar-refractivity contribution in [3.8, 4) is 0 Å². The summed E-state index contributed by atoms with van der Waals surface area (Å²) in [6.45, 7) is 5.18.